The lowest BCUT2D eigenvalue weighted by atomic mass is 10.1. The first-order valence-electron chi connectivity index (χ1n) is 4.03. The molecule has 0 fully saturated rings. The Labute approximate surface area is 80.3 Å². The number of aliphatic hydroxyl groups is 1. The summed E-state index contributed by atoms with van der Waals surface area (Å²) in [5.41, 5.74) is 0.149. The second kappa shape index (κ2) is 4.32. The summed E-state index contributed by atoms with van der Waals surface area (Å²) in [7, 11) is 1.39. The molecule has 0 aromatic carbocycles. The number of methoxy groups -OCH3 is 1. The first kappa shape index (κ1) is 10.8. The molecule has 78 valence electrons. The smallest absolute Gasteiger partial charge is 0.280 e. The largest absolute Gasteiger partial charge is 0.496 e. The predicted molar refractivity (Wildman–Crippen MR) is 46.4 cm³/mol. The van der Waals surface area contributed by atoms with Crippen LogP contribution in [-0.4, -0.2) is 17.2 Å². The monoisotopic (exact) mass is 203 g/mol. The van der Waals surface area contributed by atoms with E-state index in [-0.39, 0.29) is 18.0 Å². The number of nitrogens with zero attached hydrogens (tertiary/aromatic N) is 1. The lowest BCUT2D eigenvalue weighted by molar-refractivity contribution is 0.143. The summed E-state index contributed by atoms with van der Waals surface area (Å²) in [6, 6.07) is 1.45. The van der Waals surface area contributed by atoms with Crippen molar-refractivity contribution in [2.75, 3.05) is 7.11 Å². The lowest BCUT2D eigenvalue weighted by Gasteiger charge is -2.10. The van der Waals surface area contributed by atoms with Crippen LogP contribution in [0.25, 0.3) is 0 Å². The normalized spacial score (nSPS) is 10.7. The third-order valence-electron chi connectivity index (χ3n) is 1.90. The van der Waals surface area contributed by atoms with Crippen LogP contribution in [0.4, 0.5) is 8.78 Å². The third-order valence-corrected chi connectivity index (χ3v) is 1.90. The summed E-state index contributed by atoms with van der Waals surface area (Å²) in [4.78, 5) is 3.62. The zero-order valence-corrected chi connectivity index (χ0v) is 7.92. The number of ether oxygens (including phenoxy) is 1. The Morgan fingerprint density at radius 2 is 2.21 bits per heavy atom. The minimum absolute atomic E-state index is 0.183. The third kappa shape index (κ3) is 1.98. The fourth-order valence-electron chi connectivity index (χ4n) is 1.16. The molecule has 3 nitrogen and oxygen atoms in total. The van der Waals surface area contributed by atoms with Crippen molar-refractivity contribution in [3.8, 4) is 5.75 Å². The number of halogens is 2. The van der Waals surface area contributed by atoms with Gasteiger partial charge < -0.3 is 9.84 Å². The van der Waals surface area contributed by atoms with E-state index >= 15 is 0 Å². The van der Waals surface area contributed by atoms with Gasteiger partial charge in [-0.25, -0.2) is 13.8 Å². The van der Waals surface area contributed by atoms with Gasteiger partial charge in [-0.2, -0.15) is 0 Å². The molecule has 0 aliphatic heterocycles. The highest BCUT2D eigenvalue weighted by molar-refractivity contribution is 5.37. The van der Waals surface area contributed by atoms with Crippen LogP contribution in [-0.2, 0) is 6.61 Å². The Kier molecular flexibility index (Phi) is 3.35. The highest BCUT2D eigenvalue weighted by atomic mass is 19.3. The standard InChI is InChI=1S/C9H11F2NO2/c1-5-7(14-2)3-6(4-13)12-8(5)9(10)11/h3,9,13H,4H2,1-2H3. The zero-order chi connectivity index (χ0) is 10.7. The van der Waals surface area contributed by atoms with E-state index in [1.54, 1.807) is 0 Å². The molecule has 0 aliphatic rings. The van der Waals surface area contributed by atoms with Gasteiger partial charge in [0.25, 0.3) is 6.43 Å². The summed E-state index contributed by atoms with van der Waals surface area (Å²) in [5.74, 6) is 0.319. The summed E-state index contributed by atoms with van der Waals surface area (Å²) >= 11 is 0. The average Bonchev–Trinajstić information content (AvgIpc) is 2.17. The first-order chi connectivity index (χ1) is 6.60. The molecule has 1 rings (SSSR count). The van der Waals surface area contributed by atoms with Crippen molar-refractivity contribution >= 4 is 0 Å². The Morgan fingerprint density at radius 3 is 2.64 bits per heavy atom. The lowest BCUT2D eigenvalue weighted by Crippen LogP contribution is -2.02. The molecule has 0 saturated heterocycles. The topological polar surface area (TPSA) is 42.4 Å². The minimum Gasteiger partial charge on any atom is -0.496 e. The molecule has 0 amide bonds. The molecular formula is C9H11F2NO2. The van der Waals surface area contributed by atoms with Crippen molar-refractivity contribution < 1.29 is 18.6 Å². The van der Waals surface area contributed by atoms with Crippen LogP contribution in [0.2, 0.25) is 0 Å². The van der Waals surface area contributed by atoms with Gasteiger partial charge in [0, 0.05) is 11.6 Å². The van der Waals surface area contributed by atoms with Crippen molar-refractivity contribution in [3.05, 3.63) is 23.0 Å². The highest BCUT2D eigenvalue weighted by Gasteiger charge is 2.17. The van der Waals surface area contributed by atoms with Crippen LogP contribution in [0.15, 0.2) is 6.07 Å². The maximum Gasteiger partial charge on any atom is 0.280 e. The van der Waals surface area contributed by atoms with E-state index in [0.29, 0.717) is 11.3 Å². The van der Waals surface area contributed by atoms with Gasteiger partial charge in [0.1, 0.15) is 11.4 Å². The fraction of sp³-hybridized carbons (Fsp3) is 0.444. The van der Waals surface area contributed by atoms with E-state index in [1.807, 2.05) is 0 Å². The van der Waals surface area contributed by atoms with Crippen molar-refractivity contribution in [1.82, 2.24) is 4.98 Å². The Hall–Kier alpha value is -1.23. The molecule has 0 radical (unpaired) electrons. The number of hydrogen-bond donors (Lipinski definition) is 1. The van der Waals surface area contributed by atoms with Crippen LogP contribution in [0, 0.1) is 6.92 Å². The Bertz CT molecular complexity index is 329. The van der Waals surface area contributed by atoms with E-state index in [0.717, 1.165) is 0 Å². The number of hydrogen-bond acceptors (Lipinski definition) is 3. The number of aromatic nitrogens is 1. The van der Waals surface area contributed by atoms with Crippen LogP contribution in [0.1, 0.15) is 23.4 Å². The predicted octanol–water partition coefficient (Wildman–Crippen LogP) is 1.83. The minimum atomic E-state index is -2.66. The molecule has 0 aliphatic carbocycles. The molecule has 0 unspecified atom stereocenters. The maximum atomic E-state index is 12.5. The van der Waals surface area contributed by atoms with E-state index in [2.05, 4.69) is 4.98 Å². The second-order valence-corrected chi connectivity index (χ2v) is 2.78. The van der Waals surface area contributed by atoms with Gasteiger partial charge in [0.15, 0.2) is 0 Å². The Balaban J connectivity index is 3.27. The number of rotatable bonds is 3. The van der Waals surface area contributed by atoms with Crippen LogP contribution < -0.4 is 4.74 Å². The van der Waals surface area contributed by atoms with Gasteiger partial charge in [-0.1, -0.05) is 0 Å². The summed E-state index contributed by atoms with van der Waals surface area (Å²) in [6.07, 6.45) is -2.66. The van der Waals surface area contributed by atoms with Gasteiger partial charge in [-0.3, -0.25) is 0 Å². The van der Waals surface area contributed by atoms with Crippen molar-refractivity contribution in [2.24, 2.45) is 0 Å². The average molecular weight is 203 g/mol. The number of pyridine rings is 1. The summed E-state index contributed by atoms with van der Waals surface area (Å²) in [5, 5.41) is 8.79. The van der Waals surface area contributed by atoms with Crippen molar-refractivity contribution in [1.29, 1.82) is 0 Å². The zero-order valence-electron chi connectivity index (χ0n) is 7.92. The molecule has 5 heteroatoms. The van der Waals surface area contributed by atoms with Gasteiger partial charge in [0.2, 0.25) is 0 Å². The van der Waals surface area contributed by atoms with E-state index in [9.17, 15) is 8.78 Å². The van der Waals surface area contributed by atoms with Gasteiger partial charge in [-0.15, -0.1) is 0 Å². The molecule has 0 atom stereocenters. The number of alkyl halides is 2. The second-order valence-electron chi connectivity index (χ2n) is 2.78. The molecular weight excluding hydrogens is 192 g/mol. The van der Waals surface area contributed by atoms with Gasteiger partial charge >= 0.3 is 0 Å². The molecule has 1 aromatic rings. The maximum absolute atomic E-state index is 12.5. The van der Waals surface area contributed by atoms with Gasteiger partial charge in [-0.05, 0) is 6.92 Å². The van der Waals surface area contributed by atoms with Crippen LogP contribution in [0.3, 0.4) is 0 Å². The van der Waals surface area contributed by atoms with Gasteiger partial charge in [0.05, 0.1) is 19.4 Å². The number of aliphatic hydroxyl groups excluding tert-OH is 1. The van der Waals surface area contributed by atoms with E-state index in [4.69, 9.17) is 9.84 Å². The molecule has 1 aromatic heterocycles. The fourth-order valence-corrected chi connectivity index (χ4v) is 1.16. The molecule has 14 heavy (non-hydrogen) atoms. The highest BCUT2D eigenvalue weighted by Crippen LogP contribution is 2.28. The SMILES string of the molecule is COc1cc(CO)nc(C(F)F)c1C. The first-order valence-corrected chi connectivity index (χ1v) is 4.03. The molecule has 0 spiro atoms. The molecule has 1 N–H and O–H groups in total. The summed E-state index contributed by atoms with van der Waals surface area (Å²) < 4.78 is 29.8. The molecule has 0 saturated carbocycles. The Morgan fingerprint density at radius 1 is 1.57 bits per heavy atom. The van der Waals surface area contributed by atoms with E-state index < -0.39 is 6.43 Å². The summed E-state index contributed by atoms with van der Waals surface area (Å²) in [6.45, 7) is 1.13. The quantitative estimate of drug-likeness (QED) is 0.814. The van der Waals surface area contributed by atoms with Crippen molar-refractivity contribution in [2.45, 2.75) is 20.0 Å². The van der Waals surface area contributed by atoms with Crippen LogP contribution >= 0.6 is 0 Å². The molecule has 0 bridgehead atoms. The van der Waals surface area contributed by atoms with E-state index in [1.165, 1.54) is 20.1 Å². The van der Waals surface area contributed by atoms with Crippen molar-refractivity contribution in [3.63, 3.8) is 0 Å². The molecule has 1 heterocycles. The van der Waals surface area contributed by atoms with Crippen LogP contribution in [0.5, 0.6) is 5.75 Å².